The Morgan fingerprint density at radius 1 is 1.00 bits per heavy atom. The molecule has 0 bridgehead atoms. The van der Waals surface area contributed by atoms with Crippen molar-refractivity contribution in [1.29, 1.82) is 0 Å². The lowest BCUT2D eigenvalue weighted by molar-refractivity contribution is 0.265. The standard InChI is InChI=1S/C22H19N3S/c1-25-10-7-15-2-3-16(19-6-9-23-24-14-19)13-20(15)22(25)18-4-5-21-17(12-18)8-11-26-21/h2-6,8-9,11-14,22H,7,10H2,1H3. The van der Waals surface area contributed by atoms with E-state index in [1.165, 1.54) is 32.3 Å². The molecular formula is C22H19N3S. The summed E-state index contributed by atoms with van der Waals surface area (Å²) in [7, 11) is 2.23. The topological polar surface area (TPSA) is 29.0 Å². The predicted molar refractivity (Wildman–Crippen MR) is 107 cm³/mol. The fraction of sp³-hybridized carbons (Fsp3) is 0.182. The van der Waals surface area contributed by atoms with Crippen LogP contribution < -0.4 is 0 Å². The number of thiophene rings is 1. The highest BCUT2D eigenvalue weighted by atomic mass is 32.1. The van der Waals surface area contributed by atoms with Crippen LogP contribution in [0.4, 0.5) is 0 Å². The van der Waals surface area contributed by atoms with E-state index >= 15 is 0 Å². The number of likely N-dealkylation sites (N-methyl/N-ethyl adjacent to an activating group) is 1. The van der Waals surface area contributed by atoms with Gasteiger partial charge in [0.25, 0.3) is 0 Å². The van der Waals surface area contributed by atoms with Gasteiger partial charge in [0.2, 0.25) is 0 Å². The number of nitrogens with zero attached hydrogens (tertiary/aromatic N) is 3. The van der Waals surface area contributed by atoms with Gasteiger partial charge in [0, 0.05) is 16.8 Å². The third-order valence-corrected chi connectivity index (χ3v) is 6.22. The summed E-state index contributed by atoms with van der Waals surface area (Å²) in [4.78, 5) is 2.46. The smallest absolute Gasteiger partial charge is 0.0602 e. The zero-order valence-corrected chi connectivity index (χ0v) is 15.4. The lowest BCUT2D eigenvalue weighted by Crippen LogP contribution is -2.32. The van der Waals surface area contributed by atoms with Crippen molar-refractivity contribution < 1.29 is 0 Å². The quantitative estimate of drug-likeness (QED) is 0.509. The fourth-order valence-electron chi connectivity index (χ4n) is 3.97. The van der Waals surface area contributed by atoms with Gasteiger partial charge < -0.3 is 0 Å². The Hall–Kier alpha value is -2.56. The third-order valence-electron chi connectivity index (χ3n) is 5.32. The van der Waals surface area contributed by atoms with Crippen LogP contribution in [0.15, 0.2) is 66.3 Å². The molecule has 0 spiro atoms. The largest absolute Gasteiger partial charge is 0.295 e. The SMILES string of the molecule is CN1CCc2ccc(-c3ccnnc3)cc2C1c1ccc2sccc2c1. The van der Waals surface area contributed by atoms with Crippen LogP contribution in [0.25, 0.3) is 21.2 Å². The lowest BCUT2D eigenvalue weighted by atomic mass is 9.86. The molecule has 26 heavy (non-hydrogen) atoms. The molecule has 2 aromatic heterocycles. The van der Waals surface area contributed by atoms with Crippen LogP contribution in [0.2, 0.25) is 0 Å². The molecule has 0 amide bonds. The van der Waals surface area contributed by atoms with Crippen LogP contribution in [0.1, 0.15) is 22.7 Å². The normalized spacial score (nSPS) is 17.3. The van der Waals surface area contributed by atoms with E-state index in [0.717, 1.165) is 18.5 Å². The van der Waals surface area contributed by atoms with Crippen LogP contribution in [-0.4, -0.2) is 28.7 Å². The van der Waals surface area contributed by atoms with Gasteiger partial charge in [-0.25, -0.2) is 0 Å². The summed E-state index contributed by atoms with van der Waals surface area (Å²) in [5, 5.41) is 11.4. The number of rotatable bonds is 2. The summed E-state index contributed by atoms with van der Waals surface area (Å²) < 4.78 is 1.35. The van der Waals surface area contributed by atoms with Gasteiger partial charge in [0.15, 0.2) is 0 Å². The second-order valence-electron chi connectivity index (χ2n) is 6.90. The maximum Gasteiger partial charge on any atom is 0.0602 e. The van der Waals surface area contributed by atoms with Gasteiger partial charge in [-0.3, -0.25) is 4.90 Å². The van der Waals surface area contributed by atoms with Crippen molar-refractivity contribution in [3.8, 4) is 11.1 Å². The van der Waals surface area contributed by atoms with E-state index in [9.17, 15) is 0 Å². The summed E-state index contributed by atoms with van der Waals surface area (Å²) in [5.74, 6) is 0. The predicted octanol–water partition coefficient (Wildman–Crippen LogP) is 4.94. The first-order chi connectivity index (χ1) is 12.8. The number of aromatic nitrogens is 2. The maximum absolute atomic E-state index is 4.03. The van der Waals surface area contributed by atoms with Crippen molar-refractivity contribution >= 4 is 21.4 Å². The van der Waals surface area contributed by atoms with Crippen molar-refractivity contribution in [3.63, 3.8) is 0 Å². The van der Waals surface area contributed by atoms with Crippen molar-refractivity contribution in [2.24, 2.45) is 0 Å². The Labute approximate surface area is 156 Å². The molecule has 128 valence electrons. The van der Waals surface area contributed by atoms with E-state index in [1.807, 2.05) is 12.3 Å². The van der Waals surface area contributed by atoms with Gasteiger partial charge in [0.05, 0.1) is 18.4 Å². The first-order valence-electron chi connectivity index (χ1n) is 8.87. The van der Waals surface area contributed by atoms with Gasteiger partial charge in [0.1, 0.15) is 0 Å². The molecule has 0 N–H and O–H groups in total. The Morgan fingerprint density at radius 3 is 2.85 bits per heavy atom. The molecule has 3 heterocycles. The fourth-order valence-corrected chi connectivity index (χ4v) is 4.74. The van der Waals surface area contributed by atoms with Gasteiger partial charge in [-0.15, -0.1) is 11.3 Å². The zero-order valence-electron chi connectivity index (χ0n) is 14.6. The van der Waals surface area contributed by atoms with Crippen molar-refractivity contribution in [2.75, 3.05) is 13.6 Å². The van der Waals surface area contributed by atoms with Gasteiger partial charge in [-0.2, -0.15) is 10.2 Å². The molecule has 3 nitrogen and oxygen atoms in total. The van der Waals surface area contributed by atoms with Crippen LogP contribution in [0.3, 0.4) is 0 Å². The first kappa shape index (κ1) is 15.7. The number of hydrogen-bond donors (Lipinski definition) is 0. The summed E-state index contributed by atoms with van der Waals surface area (Å²) in [6, 6.07) is 18.3. The van der Waals surface area contributed by atoms with E-state index in [-0.39, 0.29) is 6.04 Å². The molecule has 2 aromatic carbocycles. The van der Waals surface area contributed by atoms with Crippen molar-refractivity contribution in [1.82, 2.24) is 15.1 Å². The molecule has 1 atom stereocenters. The monoisotopic (exact) mass is 357 g/mol. The van der Waals surface area contributed by atoms with Gasteiger partial charge in [-0.1, -0.05) is 18.2 Å². The molecular weight excluding hydrogens is 338 g/mol. The molecule has 4 heteroatoms. The van der Waals surface area contributed by atoms with E-state index in [4.69, 9.17) is 0 Å². The minimum atomic E-state index is 0.290. The molecule has 0 radical (unpaired) electrons. The highest BCUT2D eigenvalue weighted by molar-refractivity contribution is 7.17. The Balaban J connectivity index is 1.65. The second kappa shape index (κ2) is 6.31. The second-order valence-corrected chi connectivity index (χ2v) is 7.84. The van der Waals surface area contributed by atoms with Gasteiger partial charge >= 0.3 is 0 Å². The molecule has 0 saturated carbocycles. The summed E-state index contributed by atoms with van der Waals surface area (Å²) >= 11 is 1.80. The molecule has 4 aromatic rings. The maximum atomic E-state index is 4.03. The van der Waals surface area contributed by atoms with E-state index in [1.54, 1.807) is 17.5 Å². The molecule has 1 unspecified atom stereocenters. The summed E-state index contributed by atoms with van der Waals surface area (Å²) in [6.07, 6.45) is 4.68. The molecule has 0 saturated heterocycles. The molecule has 1 aliphatic heterocycles. The average Bonchev–Trinajstić information content (AvgIpc) is 3.16. The zero-order chi connectivity index (χ0) is 17.5. The average molecular weight is 357 g/mol. The summed E-state index contributed by atoms with van der Waals surface area (Å²) in [6.45, 7) is 1.08. The van der Waals surface area contributed by atoms with Crippen LogP contribution in [0, 0.1) is 0 Å². The van der Waals surface area contributed by atoms with Crippen molar-refractivity contribution in [2.45, 2.75) is 12.5 Å². The Morgan fingerprint density at radius 2 is 1.96 bits per heavy atom. The molecule has 0 aliphatic carbocycles. The minimum absolute atomic E-state index is 0.290. The summed E-state index contributed by atoms with van der Waals surface area (Å²) in [5.41, 5.74) is 6.54. The lowest BCUT2D eigenvalue weighted by Gasteiger charge is -2.35. The molecule has 5 rings (SSSR count). The Kier molecular flexibility index (Phi) is 3.80. The van der Waals surface area contributed by atoms with E-state index < -0.39 is 0 Å². The number of fused-ring (bicyclic) bond motifs is 2. The Bertz CT molecular complexity index is 1070. The number of benzene rings is 2. The highest BCUT2D eigenvalue weighted by Crippen LogP contribution is 2.37. The number of hydrogen-bond acceptors (Lipinski definition) is 4. The van der Waals surface area contributed by atoms with Crippen LogP contribution >= 0.6 is 11.3 Å². The third kappa shape index (κ3) is 2.62. The molecule has 0 fully saturated rings. The van der Waals surface area contributed by atoms with Crippen molar-refractivity contribution in [3.05, 3.63) is 83.0 Å². The minimum Gasteiger partial charge on any atom is -0.295 e. The molecule has 1 aliphatic rings. The van der Waals surface area contributed by atoms with Crippen LogP contribution in [-0.2, 0) is 6.42 Å². The highest BCUT2D eigenvalue weighted by Gasteiger charge is 2.26. The van der Waals surface area contributed by atoms with Crippen LogP contribution in [0.5, 0.6) is 0 Å². The van der Waals surface area contributed by atoms with E-state index in [2.05, 4.69) is 70.0 Å². The first-order valence-corrected chi connectivity index (χ1v) is 9.75. The van der Waals surface area contributed by atoms with E-state index in [0.29, 0.717) is 0 Å². The van der Waals surface area contributed by atoms with Gasteiger partial charge in [-0.05, 0) is 76.8 Å².